The molecular formula is C18H18Cl2N2O3S2. The maximum absolute atomic E-state index is 11.8. The molecule has 0 aliphatic heterocycles. The Labute approximate surface area is 176 Å². The zero-order chi connectivity index (χ0) is 19.6. The van der Waals surface area contributed by atoms with Gasteiger partial charge in [0.05, 0.1) is 20.7 Å². The molecule has 2 aromatic rings. The molecule has 0 saturated heterocycles. The van der Waals surface area contributed by atoms with E-state index >= 15 is 0 Å². The zero-order valence-corrected chi connectivity index (χ0v) is 17.5. The number of nitrogens with zero attached hydrogens (tertiary/aromatic N) is 1. The molecule has 1 N–H and O–H groups in total. The van der Waals surface area contributed by atoms with Crippen molar-refractivity contribution >= 4 is 58.3 Å². The van der Waals surface area contributed by atoms with Crippen molar-refractivity contribution in [2.45, 2.75) is 11.5 Å². The van der Waals surface area contributed by atoms with Crippen molar-refractivity contribution in [3.8, 4) is 0 Å². The molecule has 2 rings (SSSR count). The number of benzene rings is 2. The van der Waals surface area contributed by atoms with Crippen LogP contribution in [0.1, 0.15) is 11.1 Å². The smallest absolute Gasteiger partial charge is 0.269 e. The Morgan fingerprint density at radius 2 is 1.67 bits per heavy atom. The minimum atomic E-state index is -0.427. The van der Waals surface area contributed by atoms with Crippen LogP contribution in [0.25, 0.3) is 0 Å². The van der Waals surface area contributed by atoms with Crippen molar-refractivity contribution in [2.75, 3.05) is 18.1 Å². The van der Waals surface area contributed by atoms with Gasteiger partial charge in [0.15, 0.2) is 0 Å². The molecule has 27 heavy (non-hydrogen) atoms. The van der Waals surface area contributed by atoms with Crippen LogP contribution in [0.5, 0.6) is 0 Å². The van der Waals surface area contributed by atoms with Gasteiger partial charge in [0.25, 0.3) is 5.69 Å². The number of nitro groups is 1. The second kappa shape index (κ2) is 11.4. The van der Waals surface area contributed by atoms with Crippen molar-refractivity contribution in [2.24, 2.45) is 0 Å². The molecule has 9 heteroatoms. The van der Waals surface area contributed by atoms with Crippen LogP contribution >= 0.6 is 46.7 Å². The third kappa shape index (κ3) is 8.01. The molecule has 0 spiro atoms. The number of hydrogen-bond acceptors (Lipinski definition) is 5. The molecule has 0 aromatic heterocycles. The summed E-state index contributed by atoms with van der Waals surface area (Å²) in [5.41, 5.74) is 2.12. The predicted octanol–water partition coefficient (Wildman–Crippen LogP) is 5.18. The molecule has 0 saturated carbocycles. The van der Waals surface area contributed by atoms with Crippen LogP contribution in [0, 0.1) is 10.1 Å². The molecule has 2 aromatic carbocycles. The van der Waals surface area contributed by atoms with E-state index in [1.54, 1.807) is 30.0 Å². The molecule has 144 valence electrons. The lowest BCUT2D eigenvalue weighted by atomic mass is 10.2. The number of carbonyl (C=O) groups excluding carboxylic acids is 1. The first kappa shape index (κ1) is 21.9. The lowest BCUT2D eigenvalue weighted by Gasteiger charge is -2.06. The summed E-state index contributed by atoms with van der Waals surface area (Å²) < 4.78 is 0. The SMILES string of the molecule is O=C(CSCc1ccc([N+](=O)[O-])cc1)NCCSCc1ccc(Cl)c(Cl)c1. The zero-order valence-electron chi connectivity index (χ0n) is 14.3. The summed E-state index contributed by atoms with van der Waals surface area (Å²) in [5, 5.41) is 14.6. The standard InChI is InChI=1S/C18H18Cl2N2O3S2/c19-16-6-3-14(9-17(16)20)11-26-8-7-21-18(23)12-27-10-13-1-4-15(5-2-13)22(24)25/h1-6,9H,7-8,10-12H2,(H,21,23). The van der Waals surface area contributed by atoms with Gasteiger partial charge in [-0.2, -0.15) is 11.8 Å². The van der Waals surface area contributed by atoms with Crippen LogP contribution in [-0.2, 0) is 16.3 Å². The summed E-state index contributed by atoms with van der Waals surface area (Å²) in [4.78, 5) is 22.0. The van der Waals surface area contributed by atoms with E-state index in [2.05, 4.69) is 5.32 Å². The van der Waals surface area contributed by atoms with E-state index in [0.29, 0.717) is 28.1 Å². The molecule has 0 aliphatic carbocycles. The highest BCUT2D eigenvalue weighted by Crippen LogP contribution is 2.24. The molecule has 0 aliphatic rings. The molecule has 0 bridgehead atoms. The largest absolute Gasteiger partial charge is 0.355 e. The fraction of sp³-hybridized carbons (Fsp3) is 0.278. The van der Waals surface area contributed by atoms with Gasteiger partial charge < -0.3 is 5.32 Å². The van der Waals surface area contributed by atoms with E-state index in [0.717, 1.165) is 22.6 Å². The number of halogens is 2. The number of non-ortho nitro benzene ring substituents is 1. The summed E-state index contributed by atoms with van der Waals surface area (Å²) >= 11 is 15.0. The Hall–Kier alpha value is -1.41. The summed E-state index contributed by atoms with van der Waals surface area (Å²) in [5.74, 6) is 2.59. The van der Waals surface area contributed by atoms with Crippen LogP contribution in [0.15, 0.2) is 42.5 Å². The second-order valence-electron chi connectivity index (χ2n) is 5.57. The van der Waals surface area contributed by atoms with Crippen molar-refractivity contribution < 1.29 is 9.72 Å². The molecule has 1 amide bonds. The van der Waals surface area contributed by atoms with E-state index in [1.165, 1.54) is 23.9 Å². The maximum Gasteiger partial charge on any atom is 0.269 e. The van der Waals surface area contributed by atoms with Crippen LogP contribution in [0.3, 0.4) is 0 Å². The average molecular weight is 445 g/mol. The molecule has 0 heterocycles. The Balaban J connectivity index is 1.56. The number of hydrogen-bond donors (Lipinski definition) is 1. The van der Waals surface area contributed by atoms with Gasteiger partial charge in [0.2, 0.25) is 5.91 Å². The van der Waals surface area contributed by atoms with Crippen LogP contribution in [0.2, 0.25) is 10.0 Å². The molecule has 0 atom stereocenters. The summed E-state index contributed by atoms with van der Waals surface area (Å²) in [6.45, 7) is 0.600. The minimum absolute atomic E-state index is 0.0166. The third-order valence-electron chi connectivity index (χ3n) is 3.47. The normalized spacial score (nSPS) is 10.6. The first-order chi connectivity index (χ1) is 13.0. The second-order valence-corrected chi connectivity index (χ2v) is 8.47. The van der Waals surface area contributed by atoms with E-state index in [-0.39, 0.29) is 11.6 Å². The van der Waals surface area contributed by atoms with E-state index in [4.69, 9.17) is 23.2 Å². The first-order valence-corrected chi connectivity index (χ1v) is 11.1. The van der Waals surface area contributed by atoms with Gasteiger partial charge in [-0.05, 0) is 23.3 Å². The highest BCUT2D eigenvalue weighted by molar-refractivity contribution is 7.99. The Morgan fingerprint density at radius 3 is 2.33 bits per heavy atom. The van der Waals surface area contributed by atoms with Crippen LogP contribution in [-0.4, -0.2) is 28.9 Å². The van der Waals surface area contributed by atoms with Gasteiger partial charge in [-0.1, -0.05) is 41.4 Å². The van der Waals surface area contributed by atoms with Crippen molar-refractivity contribution in [3.05, 3.63) is 73.8 Å². The summed E-state index contributed by atoms with van der Waals surface area (Å²) in [6, 6.07) is 11.9. The molecule has 5 nitrogen and oxygen atoms in total. The van der Waals surface area contributed by atoms with Gasteiger partial charge >= 0.3 is 0 Å². The lowest BCUT2D eigenvalue weighted by molar-refractivity contribution is -0.384. The highest BCUT2D eigenvalue weighted by Gasteiger charge is 2.06. The van der Waals surface area contributed by atoms with Crippen LogP contribution in [0.4, 0.5) is 5.69 Å². The quantitative estimate of drug-likeness (QED) is 0.310. The molecule has 0 radical (unpaired) electrons. The van der Waals surface area contributed by atoms with Gasteiger partial charge in [-0.25, -0.2) is 0 Å². The summed E-state index contributed by atoms with van der Waals surface area (Å²) in [6.07, 6.45) is 0. The Bertz CT molecular complexity index is 789. The minimum Gasteiger partial charge on any atom is -0.355 e. The van der Waals surface area contributed by atoms with Crippen molar-refractivity contribution in [1.29, 1.82) is 0 Å². The van der Waals surface area contributed by atoms with Crippen LogP contribution < -0.4 is 5.32 Å². The van der Waals surface area contributed by atoms with Gasteiger partial charge in [-0.15, -0.1) is 11.8 Å². The maximum atomic E-state index is 11.8. The number of nitro benzene ring substituents is 1. The van der Waals surface area contributed by atoms with Gasteiger partial charge in [-0.3, -0.25) is 14.9 Å². The van der Waals surface area contributed by atoms with E-state index < -0.39 is 4.92 Å². The number of amides is 1. The Morgan fingerprint density at radius 1 is 1.00 bits per heavy atom. The predicted molar refractivity (Wildman–Crippen MR) is 115 cm³/mol. The van der Waals surface area contributed by atoms with E-state index in [1.807, 2.05) is 12.1 Å². The fourth-order valence-corrected chi connectivity index (χ4v) is 4.05. The number of nitrogens with one attached hydrogen (secondary N) is 1. The average Bonchev–Trinajstić information content (AvgIpc) is 2.64. The van der Waals surface area contributed by atoms with Crippen molar-refractivity contribution in [1.82, 2.24) is 5.32 Å². The lowest BCUT2D eigenvalue weighted by Crippen LogP contribution is -2.27. The topological polar surface area (TPSA) is 72.2 Å². The molecular weight excluding hydrogens is 427 g/mol. The summed E-state index contributed by atoms with van der Waals surface area (Å²) in [7, 11) is 0. The fourth-order valence-electron chi connectivity index (χ4n) is 2.11. The third-order valence-corrected chi connectivity index (χ3v) is 6.24. The van der Waals surface area contributed by atoms with Gasteiger partial charge in [0.1, 0.15) is 0 Å². The van der Waals surface area contributed by atoms with Gasteiger partial charge in [0, 0.05) is 35.9 Å². The molecule has 0 unspecified atom stereocenters. The number of thioether (sulfide) groups is 2. The monoisotopic (exact) mass is 444 g/mol. The Kier molecular flexibility index (Phi) is 9.27. The van der Waals surface area contributed by atoms with Crippen molar-refractivity contribution in [3.63, 3.8) is 0 Å². The number of carbonyl (C=O) groups is 1. The van der Waals surface area contributed by atoms with E-state index in [9.17, 15) is 14.9 Å². The number of rotatable bonds is 10. The highest BCUT2D eigenvalue weighted by atomic mass is 35.5. The molecule has 0 fully saturated rings. The first-order valence-electron chi connectivity index (χ1n) is 8.05.